The molecule has 0 spiro atoms. The van der Waals surface area contributed by atoms with Gasteiger partial charge < -0.3 is 10.0 Å². The Hall–Kier alpha value is -2.45. The Labute approximate surface area is 159 Å². The van der Waals surface area contributed by atoms with Crippen molar-refractivity contribution in [2.24, 2.45) is 11.8 Å². The van der Waals surface area contributed by atoms with E-state index in [0.29, 0.717) is 18.4 Å². The lowest BCUT2D eigenvalue weighted by atomic mass is 9.90. The van der Waals surface area contributed by atoms with Crippen LogP contribution in [0, 0.1) is 11.8 Å². The predicted octanol–water partition coefficient (Wildman–Crippen LogP) is 1.85. The number of benzene rings is 1. The van der Waals surface area contributed by atoms with Crippen molar-refractivity contribution in [2.75, 3.05) is 30.8 Å². The molecule has 7 nitrogen and oxygen atoms in total. The van der Waals surface area contributed by atoms with E-state index in [1.54, 1.807) is 16.7 Å². The highest BCUT2D eigenvalue weighted by molar-refractivity contribution is 7.88. The lowest BCUT2D eigenvalue weighted by Gasteiger charge is -2.28. The Balaban J connectivity index is 0.000000659. The molecule has 0 saturated carbocycles. The number of carbonyl (C=O) groups is 1. The summed E-state index contributed by atoms with van der Waals surface area (Å²) in [6, 6.07) is 14.0. The van der Waals surface area contributed by atoms with Crippen molar-refractivity contribution >= 4 is 22.2 Å². The Morgan fingerprint density at radius 3 is 2.30 bits per heavy atom. The zero-order chi connectivity index (χ0) is 19.4. The molecule has 0 unspecified atom stereocenters. The molecule has 2 aliphatic rings. The molecule has 3 atom stereocenters. The number of carboxylic acid groups (broad SMARTS) is 1. The molecule has 1 N–H and O–H groups in total. The van der Waals surface area contributed by atoms with Crippen LogP contribution in [0.3, 0.4) is 0 Å². The first kappa shape index (κ1) is 19.3. The molecule has 1 aromatic carbocycles. The van der Waals surface area contributed by atoms with Crippen LogP contribution in [0.25, 0.3) is 0 Å². The van der Waals surface area contributed by atoms with Gasteiger partial charge in [0.05, 0.1) is 12.3 Å². The molecular formula is C19H23N3O4S. The van der Waals surface area contributed by atoms with E-state index < -0.39 is 10.0 Å². The highest BCUT2D eigenvalue weighted by Crippen LogP contribution is 2.46. The average Bonchev–Trinajstić information content (AvgIpc) is 3.21. The van der Waals surface area contributed by atoms with Gasteiger partial charge in [-0.15, -0.1) is 0 Å². The van der Waals surface area contributed by atoms with Gasteiger partial charge in [-0.2, -0.15) is 4.31 Å². The molecule has 0 amide bonds. The van der Waals surface area contributed by atoms with Crippen LogP contribution in [0.4, 0.5) is 5.69 Å². The summed E-state index contributed by atoms with van der Waals surface area (Å²) in [4.78, 5) is 14.8. The van der Waals surface area contributed by atoms with Gasteiger partial charge in [0, 0.05) is 43.6 Å². The first-order valence-electron chi connectivity index (χ1n) is 8.70. The van der Waals surface area contributed by atoms with Crippen LogP contribution in [-0.4, -0.2) is 55.2 Å². The highest BCUT2D eigenvalue weighted by Gasteiger charge is 2.50. The molecule has 1 aromatic heterocycles. The number of anilines is 1. The Bertz CT molecular complexity index is 861. The summed E-state index contributed by atoms with van der Waals surface area (Å²) in [7, 11) is -3.22. The number of hydrogen-bond acceptors (Lipinski definition) is 5. The van der Waals surface area contributed by atoms with Crippen molar-refractivity contribution in [1.82, 2.24) is 9.29 Å². The molecule has 4 rings (SSSR count). The standard InChI is InChI=1S/C18H21N3O2S.CH2O2/c1-24(22,23)21-12-15-11-20(16-7-9-19-10-8-16)13-17(15)18(21)14-5-3-2-4-6-14;2-1-3/h2-10,15,17-18H,11-13H2,1H3;1H,(H,2,3)/t15-,17-,18+;/m1./s1. The molecule has 2 aromatic rings. The van der Waals surface area contributed by atoms with Crippen LogP contribution in [0.15, 0.2) is 54.9 Å². The normalized spacial score (nSPS) is 24.8. The summed E-state index contributed by atoms with van der Waals surface area (Å²) >= 11 is 0. The van der Waals surface area contributed by atoms with Crippen molar-refractivity contribution in [3.63, 3.8) is 0 Å². The van der Waals surface area contributed by atoms with Gasteiger partial charge in [0.2, 0.25) is 10.0 Å². The van der Waals surface area contributed by atoms with Crippen LogP contribution >= 0.6 is 0 Å². The second kappa shape index (κ2) is 8.06. The van der Waals surface area contributed by atoms with Gasteiger partial charge in [-0.1, -0.05) is 30.3 Å². The van der Waals surface area contributed by atoms with Crippen LogP contribution in [0.1, 0.15) is 11.6 Å². The Morgan fingerprint density at radius 1 is 1.07 bits per heavy atom. The van der Waals surface area contributed by atoms with Gasteiger partial charge in [-0.3, -0.25) is 9.78 Å². The lowest BCUT2D eigenvalue weighted by molar-refractivity contribution is -0.122. The number of hydrogen-bond donors (Lipinski definition) is 1. The minimum absolute atomic E-state index is 0.0713. The topological polar surface area (TPSA) is 90.8 Å². The number of sulfonamides is 1. The van der Waals surface area contributed by atoms with E-state index in [2.05, 4.69) is 9.88 Å². The van der Waals surface area contributed by atoms with Crippen LogP contribution in [0.2, 0.25) is 0 Å². The van der Waals surface area contributed by atoms with E-state index in [9.17, 15) is 8.42 Å². The molecule has 144 valence electrons. The molecule has 2 fully saturated rings. The third-order valence-corrected chi connectivity index (χ3v) is 6.44. The maximum absolute atomic E-state index is 12.3. The van der Waals surface area contributed by atoms with Crippen LogP contribution in [0.5, 0.6) is 0 Å². The second-order valence-electron chi connectivity index (χ2n) is 6.83. The molecule has 0 radical (unpaired) electrons. The fourth-order valence-electron chi connectivity index (χ4n) is 4.18. The quantitative estimate of drug-likeness (QED) is 0.806. The SMILES string of the molecule is CS(=O)(=O)N1C[C@H]2CN(c3ccncc3)C[C@H]2[C@@H]1c1ccccc1.O=CO. The summed E-state index contributed by atoms with van der Waals surface area (Å²) in [5.41, 5.74) is 2.25. The van der Waals surface area contributed by atoms with Gasteiger partial charge in [0.25, 0.3) is 6.47 Å². The molecule has 0 bridgehead atoms. The molecule has 8 heteroatoms. The molecular weight excluding hydrogens is 366 g/mol. The maximum Gasteiger partial charge on any atom is 0.290 e. The van der Waals surface area contributed by atoms with Crippen molar-refractivity contribution in [3.05, 3.63) is 60.4 Å². The number of fused-ring (bicyclic) bond motifs is 1. The monoisotopic (exact) mass is 389 g/mol. The van der Waals surface area contributed by atoms with E-state index >= 15 is 0 Å². The van der Waals surface area contributed by atoms with E-state index in [4.69, 9.17) is 9.90 Å². The van der Waals surface area contributed by atoms with Crippen molar-refractivity contribution in [2.45, 2.75) is 6.04 Å². The van der Waals surface area contributed by atoms with Crippen molar-refractivity contribution in [1.29, 1.82) is 0 Å². The zero-order valence-electron chi connectivity index (χ0n) is 15.0. The molecule has 2 aliphatic heterocycles. The smallest absolute Gasteiger partial charge is 0.290 e. The first-order valence-corrected chi connectivity index (χ1v) is 10.5. The fourth-order valence-corrected chi connectivity index (χ4v) is 5.33. The van der Waals surface area contributed by atoms with Gasteiger partial charge in [0.15, 0.2) is 0 Å². The Kier molecular flexibility index (Phi) is 5.76. The number of aromatic nitrogens is 1. The summed E-state index contributed by atoms with van der Waals surface area (Å²) in [6.45, 7) is 2.12. The Morgan fingerprint density at radius 2 is 1.70 bits per heavy atom. The molecule has 2 saturated heterocycles. The van der Waals surface area contributed by atoms with Gasteiger partial charge >= 0.3 is 0 Å². The highest BCUT2D eigenvalue weighted by atomic mass is 32.2. The minimum atomic E-state index is -3.22. The zero-order valence-corrected chi connectivity index (χ0v) is 15.9. The maximum atomic E-state index is 12.3. The molecule has 27 heavy (non-hydrogen) atoms. The van der Waals surface area contributed by atoms with Gasteiger partial charge in [0.1, 0.15) is 0 Å². The van der Waals surface area contributed by atoms with Gasteiger partial charge in [-0.05, 0) is 23.6 Å². The second-order valence-corrected chi connectivity index (χ2v) is 8.76. The number of nitrogens with zero attached hydrogens (tertiary/aromatic N) is 3. The fraction of sp³-hybridized carbons (Fsp3) is 0.368. The summed E-state index contributed by atoms with van der Waals surface area (Å²) in [6.07, 6.45) is 4.94. The third-order valence-electron chi connectivity index (χ3n) is 5.22. The third kappa shape index (κ3) is 4.12. The first-order chi connectivity index (χ1) is 13.0. The average molecular weight is 389 g/mol. The van der Waals surface area contributed by atoms with E-state index in [1.807, 2.05) is 42.5 Å². The number of pyridine rings is 1. The molecule has 0 aliphatic carbocycles. The van der Waals surface area contributed by atoms with Crippen molar-refractivity contribution < 1.29 is 18.3 Å². The van der Waals surface area contributed by atoms with Gasteiger partial charge in [-0.25, -0.2) is 8.42 Å². The summed E-state index contributed by atoms with van der Waals surface area (Å²) in [5, 5.41) is 6.89. The summed E-state index contributed by atoms with van der Waals surface area (Å²) in [5.74, 6) is 0.674. The summed E-state index contributed by atoms with van der Waals surface area (Å²) < 4.78 is 26.3. The largest absolute Gasteiger partial charge is 0.483 e. The number of rotatable bonds is 3. The van der Waals surface area contributed by atoms with Crippen molar-refractivity contribution in [3.8, 4) is 0 Å². The predicted molar refractivity (Wildman–Crippen MR) is 103 cm³/mol. The molecule has 3 heterocycles. The van der Waals surface area contributed by atoms with E-state index in [0.717, 1.165) is 24.3 Å². The lowest BCUT2D eigenvalue weighted by Crippen LogP contribution is -2.35. The van der Waals surface area contributed by atoms with Crippen LogP contribution < -0.4 is 4.90 Å². The van der Waals surface area contributed by atoms with E-state index in [-0.39, 0.29) is 12.5 Å². The minimum Gasteiger partial charge on any atom is -0.483 e. The van der Waals surface area contributed by atoms with Crippen LogP contribution in [-0.2, 0) is 14.8 Å². The van der Waals surface area contributed by atoms with E-state index in [1.165, 1.54) is 6.26 Å².